The highest BCUT2D eigenvalue weighted by Gasteiger charge is 2.15. The number of amides is 1. The highest BCUT2D eigenvalue weighted by atomic mass is 16.5. The molecule has 1 heterocycles. The van der Waals surface area contributed by atoms with Gasteiger partial charge in [0.25, 0.3) is 5.91 Å². The monoisotopic (exact) mass is 309 g/mol. The van der Waals surface area contributed by atoms with Gasteiger partial charge in [-0.25, -0.2) is 9.97 Å². The van der Waals surface area contributed by atoms with Gasteiger partial charge in [0, 0.05) is 11.5 Å². The standard InChI is InChI=1S/C17H15N3O3/c1-22-11-7-8-15(23-2)14(9-11)20-17(21)16-12-5-3-4-6-13(12)18-10-19-16/h3-10H,1-2H3,(H,20,21). The van der Waals surface area contributed by atoms with E-state index in [1.807, 2.05) is 24.3 Å². The number of aromatic nitrogens is 2. The van der Waals surface area contributed by atoms with E-state index in [0.717, 1.165) is 0 Å². The molecule has 0 aliphatic rings. The highest BCUT2D eigenvalue weighted by molar-refractivity contribution is 6.11. The average Bonchev–Trinajstić information content (AvgIpc) is 2.61. The van der Waals surface area contributed by atoms with Crippen LogP contribution >= 0.6 is 0 Å². The predicted octanol–water partition coefficient (Wildman–Crippen LogP) is 2.90. The van der Waals surface area contributed by atoms with Crippen LogP contribution in [-0.4, -0.2) is 30.1 Å². The molecule has 1 amide bonds. The first-order chi connectivity index (χ1) is 11.2. The first-order valence-electron chi connectivity index (χ1n) is 6.96. The largest absolute Gasteiger partial charge is 0.497 e. The van der Waals surface area contributed by atoms with Crippen molar-refractivity contribution in [2.75, 3.05) is 19.5 Å². The lowest BCUT2D eigenvalue weighted by molar-refractivity contribution is 0.102. The van der Waals surface area contributed by atoms with E-state index in [-0.39, 0.29) is 5.91 Å². The fraction of sp³-hybridized carbons (Fsp3) is 0.118. The number of fused-ring (bicyclic) bond motifs is 1. The van der Waals surface area contributed by atoms with E-state index in [1.54, 1.807) is 25.3 Å². The van der Waals surface area contributed by atoms with Gasteiger partial charge in [0.1, 0.15) is 23.5 Å². The van der Waals surface area contributed by atoms with Crippen LogP contribution in [-0.2, 0) is 0 Å². The van der Waals surface area contributed by atoms with E-state index in [9.17, 15) is 4.79 Å². The second-order valence-electron chi connectivity index (χ2n) is 4.76. The number of para-hydroxylation sites is 1. The van der Waals surface area contributed by atoms with Gasteiger partial charge in [0.2, 0.25) is 0 Å². The third-order valence-electron chi connectivity index (χ3n) is 3.41. The first-order valence-corrected chi connectivity index (χ1v) is 6.96. The fourth-order valence-electron chi connectivity index (χ4n) is 2.28. The zero-order valence-electron chi connectivity index (χ0n) is 12.7. The minimum absolute atomic E-state index is 0.306. The number of carbonyl (C=O) groups excluding carboxylic acids is 1. The van der Waals surface area contributed by atoms with Crippen LogP contribution in [0.25, 0.3) is 10.9 Å². The quantitative estimate of drug-likeness (QED) is 0.802. The van der Waals surface area contributed by atoms with E-state index >= 15 is 0 Å². The normalized spacial score (nSPS) is 10.3. The summed E-state index contributed by atoms with van der Waals surface area (Å²) >= 11 is 0. The van der Waals surface area contributed by atoms with Crippen LogP contribution < -0.4 is 14.8 Å². The Morgan fingerprint density at radius 3 is 2.65 bits per heavy atom. The fourth-order valence-corrected chi connectivity index (χ4v) is 2.28. The van der Waals surface area contributed by atoms with E-state index in [2.05, 4.69) is 15.3 Å². The van der Waals surface area contributed by atoms with E-state index < -0.39 is 0 Å². The number of anilines is 1. The minimum Gasteiger partial charge on any atom is -0.497 e. The molecule has 0 fully saturated rings. The number of nitrogens with zero attached hydrogens (tertiary/aromatic N) is 2. The molecule has 3 aromatic rings. The van der Waals surface area contributed by atoms with Crippen LogP contribution in [0.3, 0.4) is 0 Å². The van der Waals surface area contributed by atoms with Crippen molar-refractivity contribution in [3.8, 4) is 11.5 Å². The lowest BCUT2D eigenvalue weighted by Gasteiger charge is -2.12. The van der Waals surface area contributed by atoms with Crippen LogP contribution in [0.15, 0.2) is 48.8 Å². The van der Waals surface area contributed by atoms with Crippen molar-refractivity contribution in [3.05, 3.63) is 54.5 Å². The lowest BCUT2D eigenvalue weighted by atomic mass is 10.1. The van der Waals surface area contributed by atoms with Crippen LogP contribution in [0.4, 0.5) is 5.69 Å². The van der Waals surface area contributed by atoms with E-state index in [0.29, 0.717) is 33.8 Å². The van der Waals surface area contributed by atoms with Gasteiger partial charge in [0.15, 0.2) is 0 Å². The maximum atomic E-state index is 12.6. The van der Waals surface area contributed by atoms with E-state index in [4.69, 9.17) is 9.47 Å². The summed E-state index contributed by atoms with van der Waals surface area (Å²) in [6.07, 6.45) is 1.38. The third-order valence-corrected chi connectivity index (χ3v) is 3.41. The van der Waals surface area contributed by atoms with Gasteiger partial charge < -0.3 is 14.8 Å². The molecule has 2 aromatic carbocycles. The number of nitrogens with one attached hydrogen (secondary N) is 1. The number of hydrogen-bond acceptors (Lipinski definition) is 5. The van der Waals surface area contributed by atoms with Crippen molar-refractivity contribution in [2.45, 2.75) is 0 Å². The topological polar surface area (TPSA) is 73.3 Å². The molecule has 0 bridgehead atoms. The van der Waals surface area contributed by atoms with E-state index in [1.165, 1.54) is 13.4 Å². The Morgan fingerprint density at radius 1 is 1.04 bits per heavy atom. The number of hydrogen-bond donors (Lipinski definition) is 1. The Hall–Kier alpha value is -3.15. The van der Waals surface area contributed by atoms with Crippen LogP contribution in [0.2, 0.25) is 0 Å². The molecule has 0 aliphatic heterocycles. The van der Waals surface area contributed by atoms with Gasteiger partial charge in [-0.2, -0.15) is 0 Å². The molecule has 0 saturated heterocycles. The predicted molar refractivity (Wildman–Crippen MR) is 87.0 cm³/mol. The summed E-state index contributed by atoms with van der Waals surface area (Å²) < 4.78 is 10.4. The van der Waals surface area contributed by atoms with Crippen molar-refractivity contribution in [3.63, 3.8) is 0 Å². The van der Waals surface area contributed by atoms with Crippen molar-refractivity contribution < 1.29 is 14.3 Å². The molecular weight excluding hydrogens is 294 g/mol. The summed E-state index contributed by atoms with van der Waals surface area (Å²) in [6.45, 7) is 0. The summed E-state index contributed by atoms with van der Waals surface area (Å²) in [5.41, 5.74) is 1.53. The Morgan fingerprint density at radius 2 is 1.87 bits per heavy atom. The van der Waals surface area contributed by atoms with Gasteiger partial charge >= 0.3 is 0 Å². The molecule has 0 radical (unpaired) electrons. The number of benzene rings is 2. The molecule has 0 aliphatic carbocycles. The first kappa shape index (κ1) is 14.8. The summed E-state index contributed by atoms with van der Waals surface area (Å²) in [5, 5.41) is 3.50. The lowest BCUT2D eigenvalue weighted by Crippen LogP contribution is -2.15. The molecule has 116 valence electrons. The second-order valence-corrected chi connectivity index (χ2v) is 4.76. The minimum atomic E-state index is -0.338. The Bertz CT molecular complexity index is 859. The van der Waals surface area contributed by atoms with Crippen molar-refractivity contribution >= 4 is 22.5 Å². The smallest absolute Gasteiger partial charge is 0.275 e. The SMILES string of the molecule is COc1ccc(OC)c(NC(=O)c2ncnc3ccccc23)c1. The average molecular weight is 309 g/mol. The molecule has 6 nitrogen and oxygen atoms in total. The summed E-state index contributed by atoms with van der Waals surface area (Å²) in [7, 11) is 3.10. The van der Waals surface area contributed by atoms with Crippen LogP contribution in [0.1, 0.15) is 10.5 Å². The molecule has 0 spiro atoms. The number of ether oxygens (including phenoxy) is 2. The number of methoxy groups -OCH3 is 2. The van der Waals surface area contributed by atoms with Crippen molar-refractivity contribution in [1.29, 1.82) is 0 Å². The van der Waals surface area contributed by atoms with Gasteiger partial charge in [-0.1, -0.05) is 18.2 Å². The number of rotatable bonds is 4. The van der Waals surface area contributed by atoms with Crippen molar-refractivity contribution in [1.82, 2.24) is 9.97 Å². The Balaban J connectivity index is 1.98. The van der Waals surface area contributed by atoms with Gasteiger partial charge in [-0.15, -0.1) is 0 Å². The Kier molecular flexibility index (Phi) is 4.05. The zero-order chi connectivity index (χ0) is 16.2. The third kappa shape index (κ3) is 2.91. The molecule has 0 saturated carbocycles. The summed E-state index contributed by atoms with van der Waals surface area (Å²) in [6, 6.07) is 12.5. The molecule has 0 atom stereocenters. The summed E-state index contributed by atoms with van der Waals surface area (Å²) in [5.74, 6) is 0.821. The second kappa shape index (κ2) is 6.31. The van der Waals surface area contributed by atoms with Crippen LogP contribution in [0, 0.1) is 0 Å². The van der Waals surface area contributed by atoms with Gasteiger partial charge in [0.05, 0.1) is 25.4 Å². The molecule has 1 aromatic heterocycles. The molecule has 0 unspecified atom stereocenters. The number of carbonyl (C=O) groups is 1. The Labute approximate surface area is 133 Å². The maximum absolute atomic E-state index is 12.6. The zero-order valence-corrected chi connectivity index (χ0v) is 12.7. The molecule has 23 heavy (non-hydrogen) atoms. The molecule has 6 heteroatoms. The summed E-state index contributed by atoms with van der Waals surface area (Å²) in [4.78, 5) is 20.9. The van der Waals surface area contributed by atoms with Crippen molar-refractivity contribution in [2.24, 2.45) is 0 Å². The molecule has 1 N–H and O–H groups in total. The van der Waals surface area contributed by atoms with Gasteiger partial charge in [-0.05, 0) is 18.2 Å². The molecular formula is C17H15N3O3. The van der Waals surface area contributed by atoms with Crippen LogP contribution in [0.5, 0.6) is 11.5 Å². The molecule has 3 rings (SSSR count). The highest BCUT2D eigenvalue weighted by Crippen LogP contribution is 2.29. The van der Waals surface area contributed by atoms with Gasteiger partial charge in [-0.3, -0.25) is 4.79 Å². The maximum Gasteiger partial charge on any atom is 0.275 e.